The number of ether oxygens (including phenoxy) is 2. The van der Waals surface area contributed by atoms with Crippen molar-refractivity contribution in [2.24, 2.45) is 11.8 Å². The Bertz CT molecular complexity index is 1320. The molecular formula is C25H25FN6O2. The van der Waals surface area contributed by atoms with Gasteiger partial charge in [0, 0.05) is 55.1 Å². The maximum atomic E-state index is 14.7. The summed E-state index contributed by atoms with van der Waals surface area (Å²) in [6.45, 7) is 3.41. The lowest BCUT2D eigenvalue weighted by atomic mass is 10.0. The van der Waals surface area contributed by atoms with Crippen LogP contribution in [0.1, 0.15) is 0 Å². The second-order valence-electron chi connectivity index (χ2n) is 8.81. The minimum absolute atomic E-state index is 0.329. The van der Waals surface area contributed by atoms with Gasteiger partial charge in [-0.25, -0.2) is 4.39 Å². The fraction of sp³-hybridized carbons (Fsp3) is 0.320. The number of aromatic amines is 1. The second kappa shape index (κ2) is 8.16. The molecule has 9 heteroatoms. The van der Waals surface area contributed by atoms with Crippen molar-refractivity contribution >= 4 is 22.5 Å². The SMILES string of the molecule is COc1cc(OC)nc(N2CC3CN(c4c(-c5ncccc5F)[nH]c5ccccc45)CC3C2)n1. The van der Waals surface area contributed by atoms with E-state index in [0.29, 0.717) is 35.2 Å². The molecule has 5 heterocycles. The Morgan fingerprint density at radius 1 is 0.912 bits per heavy atom. The molecule has 2 aliphatic rings. The van der Waals surface area contributed by atoms with E-state index in [4.69, 9.17) is 9.47 Å². The van der Waals surface area contributed by atoms with Gasteiger partial charge in [0.2, 0.25) is 17.7 Å². The third-order valence-electron chi connectivity index (χ3n) is 6.84. The van der Waals surface area contributed by atoms with Gasteiger partial charge in [-0.05, 0) is 18.2 Å². The Kier molecular flexibility index (Phi) is 4.97. The highest BCUT2D eigenvalue weighted by molar-refractivity contribution is 6.01. The lowest BCUT2D eigenvalue weighted by molar-refractivity contribution is 0.371. The van der Waals surface area contributed by atoms with Crippen LogP contribution in [0.5, 0.6) is 11.8 Å². The number of aromatic nitrogens is 4. The van der Waals surface area contributed by atoms with E-state index >= 15 is 0 Å². The van der Waals surface area contributed by atoms with E-state index in [1.54, 1.807) is 32.5 Å². The van der Waals surface area contributed by atoms with Crippen LogP contribution in [0, 0.1) is 17.7 Å². The highest BCUT2D eigenvalue weighted by atomic mass is 19.1. The molecule has 174 valence electrons. The summed E-state index contributed by atoms with van der Waals surface area (Å²) in [7, 11) is 3.18. The van der Waals surface area contributed by atoms with Crippen LogP contribution in [0.2, 0.25) is 0 Å². The van der Waals surface area contributed by atoms with Gasteiger partial charge in [-0.3, -0.25) is 4.98 Å². The lowest BCUT2D eigenvalue weighted by Crippen LogP contribution is -2.30. The number of fused-ring (bicyclic) bond motifs is 2. The van der Waals surface area contributed by atoms with Crippen molar-refractivity contribution in [3.8, 4) is 23.1 Å². The van der Waals surface area contributed by atoms with Crippen LogP contribution in [0.3, 0.4) is 0 Å². The molecule has 1 aromatic carbocycles. The zero-order chi connectivity index (χ0) is 23.2. The van der Waals surface area contributed by atoms with Crippen molar-refractivity contribution in [2.45, 2.75) is 0 Å². The summed E-state index contributed by atoms with van der Waals surface area (Å²) in [5.74, 6) is 2.15. The fourth-order valence-electron chi connectivity index (χ4n) is 5.28. The molecule has 3 aromatic heterocycles. The van der Waals surface area contributed by atoms with Crippen LogP contribution in [0.4, 0.5) is 16.0 Å². The first-order valence-corrected chi connectivity index (χ1v) is 11.3. The molecule has 2 atom stereocenters. The first-order valence-electron chi connectivity index (χ1n) is 11.3. The summed E-state index contributed by atoms with van der Waals surface area (Å²) in [5.41, 5.74) is 3.09. The summed E-state index contributed by atoms with van der Waals surface area (Å²) < 4.78 is 25.4. The van der Waals surface area contributed by atoms with Crippen molar-refractivity contribution in [1.82, 2.24) is 19.9 Å². The lowest BCUT2D eigenvalue weighted by Gasteiger charge is -2.24. The van der Waals surface area contributed by atoms with Crippen molar-refractivity contribution in [3.05, 3.63) is 54.5 Å². The standard InChI is InChI=1S/C25H25FN6O2/c1-33-20-10-21(34-2)30-25(29-20)32-13-15-11-31(12-16(15)14-32)24-17-6-3-4-8-19(17)28-23(24)22-18(26)7-5-9-27-22/h3-10,15-16,28H,11-14H2,1-2H3. The average molecular weight is 461 g/mol. The van der Waals surface area contributed by atoms with Gasteiger partial charge >= 0.3 is 0 Å². The van der Waals surface area contributed by atoms with Crippen molar-refractivity contribution in [2.75, 3.05) is 50.2 Å². The van der Waals surface area contributed by atoms with Crippen molar-refractivity contribution < 1.29 is 13.9 Å². The smallest absolute Gasteiger partial charge is 0.231 e. The van der Waals surface area contributed by atoms with Crippen LogP contribution in [0.25, 0.3) is 22.3 Å². The van der Waals surface area contributed by atoms with Crippen LogP contribution < -0.4 is 19.3 Å². The maximum absolute atomic E-state index is 14.7. The number of hydrogen-bond acceptors (Lipinski definition) is 7. The van der Waals surface area contributed by atoms with Gasteiger partial charge in [0.25, 0.3) is 0 Å². The van der Waals surface area contributed by atoms with E-state index in [0.717, 1.165) is 48.5 Å². The molecule has 2 unspecified atom stereocenters. The number of para-hydroxylation sites is 1. The highest BCUT2D eigenvalue weighted by Gasteiger charge is 2.42. The molecule has 0 bridgehead atoms. The zero-order valence-electron chi connectivity index (χ0n) is 19.0. The highest BCUT2D eigenvalue weighted by Crippen LogP contribution is 2.43. The summed E-state index contributed by atoms with van der Waals surface area (Å²) in [4.78, 5) is 21.4. The van der Waals surface area contributed by atoms with Crippen LogP contribution in [-0.2, 0) is 0 Å². The monoisotopic (exact) mass is 460 g/mol. The molecule has 8 nitrogen and oxygen atoms in total. The molecule has 0 aliphatic carbocycles. The Balaban J connectivity index is 1.30. The number of nitrogens with zero attached hydrogens (tertiary/aromatic N) is 5. The number of methoxy groups -OCH3 is 2. The van der Waals surface area contributed by atoms with E-state index in [-0.39, 0.29) is 5.82 Å². The van der Waals surface area contributed by atoms with Gasteiger partial charge in [0.05, 0.1) is 31.7 Å². The van der Waals surface area contributed by atoms with Gasteiger partial charge in [-0.1, -0.05) is 18.2 Å². The van der Waals surface area contributed by atoms with Gasteiger partial charge < -0.3 is 24.3 Å². The molecule has 34 heavy (non-hydrogen) atoms. The third-order valence-corrected chi connectivity index (χ3v) is 6.84. The predicted molar refractivity (Wildman–Crippen MR) is 128 cm³/mol. The van der Waals surface area contributed by atoms with E-state index in [9.17, 15) is 4.39 Å². The normalized spacial score (nSPS) is 19.6. The first kappa shape index (κ1) is 20.7. The Morgan fingerprint density at radius 3 is 2.26 bits per heavy atom. The largest absolute Gasteiger partial charge is 0.481 e. The van der Waals surface area contributed by atoms with Crippen molar-refractivity contribution in [3.63, 3.8) is 0 Å². The summed E-state index contributed by atoms with van der Waals surface area (Å²) in [6.07, 6.45) is 1.63. The van der Waals surface area contributed by atoms with Crippen LogP contribution >= 0.6 is 0 Å². The molecule has 2 aliphatic heterocycles. The Hall–Kier alpha value is -3.88. The minimum Gasteiger partial charge on any atom is -0.481 e. The van der Waals surface area contributed by atoms with Gasteiger partial charge in [-0.2, -0.15) is 9.97 Å². The molecule has 0 saturated carbocycles. The van der Waals surface area contributed by atoms with E-state index < -0.39 is 0 Å². The number of H-pyrrole nitrogens is 1. The van der Waals surface area contributed by atoms with Crippen LogP contribution in [0.15, 0.2) is 48.7 Å². The molecule has 6 rings (SSSR count). The minimum atomic E-state index is -0.329. The molecule has 0 amide bonds. The number of anilines is 2. The maximum Gasteiger partial charge on any atom is 0.231 e. The van der Waals surface area contributed by atoms with Crippen molar-refractivity contribution in [1.29, 1.82) is 0 Å². The number of nitrogens with one attached hydrogen (secondary N) is 1. The van der Waals surface area contributed by atoms with E-state index in [1.165, 1.54) is 6.07 Å². The quantitative estimate of drug-likeness (QED) is 0.486. The number of halogens is 1. The Labute approximate surface area is 196 Å². The van der Waals surface area contributed by atoms with Gasteiger partial charge in [0.15, 0.2) is 5.82 Å². The van der Waals surface area contributed by atoms with Gasteiger partial charge in [0.1, 0.15) is 5.69 Å². The molecule has 1 N–H and O–H groups in total. The number of hydrogen-bond donors (Lipinski definition) is 1. The fourth-order valence-corrected chi connectivity index (χ4v) is 5.28. The Morgan fingerprint density at radius 2 is 1.59 bits per heavy atom. The third kappa shape index (κ3) is 3.39. The first-order chi connectivity index (χ1) is 16.6. The molecule has 4 aromatic rings. The summed E-state index contributed by atoms with van der Waals surface area (Å²) in [5, 5.41) is 1.08. The van der Waals surface area contributed by atoms with E-state index in [2.05, 4.69) is 35.8 Å². The predicted octanol–water partition coefficient (Wildman–Crippen LogP) is 3.75. The zero-order valence-corrected chi connectivity index (χ0v) is 19.0. The number of benzene rings is 1. The number of pyridine rings is 1. The summed E-state index contributed by atoms with van der Waals surface area (Å²) >= 11 is 0. The molecule has 0 spiro atoms. The topological polar surface area (TPSA) is 79.4 Å². The molecule has 2 saturated heterocycles. The van der Waals surface area contributed by atoms with E-state index in [1.807, 2.05) is 18.2 Å². The summed E-state index contributed by atoms with van der Waals surface area (Å²) in [6, 6.07) is 12.9. The average Bonchev–Trinajstić information content (AvgIpc) is 3.55. The second-order valence-corrected chi connectivity index (χ2v) is 8.81. The molecular weight excluding hydrogens is 435 g/mol. The number of rotatable bonds is 5. The molecule has 0 radical (unpaired) electrons. The molecule has 2 fully saturated rings. The van der Waals surface area contributed by atoms with Crippen LogP contribution in [-0.4, -0.2) is 60.3 Å². The van der Waals surface area contributed by atoms with Gasteiger partial charge in [-0.15, -0.1) is 0 Å².